The van der Waals surface area contributed by atoms with E-state index in [2.05, 4.69) is 21.8 Å². The van der Waals surface area contributed by atoms with Crippen LogP contribution in [0.5, 0.6) is 0 Å². The van der Waals surface area contributed by atoms with Gasteiger partial charge in [0.25, 0.3) is 0 Å². The van der Waals surface area contributed by atoms with Crippen molar-refractivity contribution in [3.63, 3.8) is 0 Å². The van der Waals surface area contributed by atoms with E-state index >= 15 is 0 Å². The van der Waals surface area contributed by atoms with Crippen LogP contribution in [-0.4, -0.2) is 15.2 Å². The third-order valence-corrected chi connectivity index (χ3v) is 1.19. The quantitative estimate of drug-likeness (QED) is 0.637. The maximum atomic E-state index is 4.01. The second kappa shape index (κ2) is 3.61. The Morgan fingerprint density at radius 2 is 2.27 bits per heavy atom. The summed E-state index contributed by atoms with van der Waals surface area (Å²) in [4.78, 5) is 4.01. The van der Waals surface area contributed by atoms with Gasteiger partial charge in [0.1, 0.15) is 12.0 Å². The minimum atomic E-state index is 0.714. The Balaban J connectivity index is 3.11. The SMILES string of the molecule is C=Cc1nncnc1/C=C\C. The molecule has 0 N–H and O–H groups in total. The van der Waals surface area contributed by atoms with Crippen molar-refractivity contribution in [1.29, 1.82) is 0 Å². The van der Waals surface area contributed by atoms with Crippen LogP contribution in [0.1, 0.15) is 18.3 Å². The van der Waals surface area contributed by atoms with Gasteiger partial charge < -0.3 is 0 Å². The first kappa shape index (κ1) is 7.60. The summed E-state index contributed by atoms with van der Waals surface area (Å²) in [6.07, 6.45) is 6.82. The topological polar surface area (TPSA) is 38.7 Å². The lowest BCUT2D eigenvalue weighted by molar-refractivity contribution is 0.949. The standard InChI is InChI=1S/C8H9N3/c1-3-5-8-7(4-2)11-10-6-9-8/h3-6H,2H2,1H3/b5-3-. The summed E-state index contributed by atoms with van der Waals surface area (Å²) in [5.41, 5.74) is 1.52. The van der Waals surface area contributed by atoms with Gasteiger partial charge >= 0.3 is 0 Å². The molecule has 1 aromatic rings. The summed E-state index contributed by atoms with van der Waals surface area (Å²) in [5, 5.41) is 7.47. The van der Waals surface area contributed by atoms with Crippen LogP contribution in [0.25, 0.3) is 12.2 Å². The van der Waals surface area contributed by atoms with Gasteiger partial charge in [0, 0.05) is 0 Å². The van der Waals surface area contributed by atoms with E-state index in [1.807, 2.05) is 19.1 Å². The van der Waals surface area contributed by atoms with E-state index in [1.54, 1.807) is 6.08 Å². The van der Waals surface area contributed by atoms with Gasteiger partial charge in [-0.2, -0.15) is 0 Å². The number of aromatic nitrogens is 3. The average Bonchev–Trinajstić information content (AvgIpc) is 2.06. The van der Waals surface area contributed by atoms with Gasteiger partial charge in [-0.05, 0) is 19.1 Å². The van der Waals surface area contributed by atoms with Crippen molar-refractivity contribution in [1.82, 2.24) is 15.2 Å². The molecule has 56 valence electrons. The van der Waals surface area contributed by atoms with Crippen LogP contribution in [0.4, 0.5) is 0 Å². The largest absolute Gasteiger partial charge is 0.233 e. The molecule has 0 unspecified atom stereocenters. The highest BCUT2D eigenvalue weighted by molar-refractivity contribution is 5.56. The molecule has 0 atom stereocenters. The molecule has 0 aliphatic rings. The number of nitrogens with zero attached hydrogens (tertiary/aromatic N) is 3. The summed E-state index contributed by atoms with van der Waals surface area (Å²) >= 11 is 0. The molecule has 0 saturated heterocycles. The zero-order valence-corrected chi connectivity index (χ0v) is 6.36. The molecule has 1 rings (SSSR count). The molecule has 0 aromatic carbocycles. The summed E-state index contributed by atoms with van der Waals surface area (Å²) in [6.45, 7) is 5.52. The molecule has 1 heterocycles. The fourth-order valence-electron chi connectivity index (χ4n) is 0.725. The Morgan fingerprint density at radius 1 is 1.45 bits per heavy atom. The van der Waals surface area contributed by atoms with Crippen LogP contribution in [0, 0.1) is 0 Å². The molecule has 11 heavy (non-hydrogen) atoms. The minimum Gasteiger partial charge on any atom is -0.233 e. The predicted molar refractivity (Wildman–Crippen MR) is 44.6 cm³/mol. The van der Waals surface area contributed by atoms with E-state index in [9.17, 15) is 0 Å². The van der Waals surface area contributed by atoms with Crippen LogP contribution in [0.3, 0.4) is 0 Å². The Bertz CT molecular complexity index is 278. The summed E-state index contributed by atoms with van der Waals surface area (Å²) < 4.78 is 0. The molecule has 0 aliphatic carbocycles. The second-order valence-electron chi connectivity index (χ2n) is 1.93. The predicted octanol–water partition coefficient (Wildman–Crippen LogP) is 1.55. The Kier molecular flexibility index (Phi) is 2.49. The summed E-state index contributed by atoms with van der Waals surface area (Å²) in [5.74, 6) is 0. The summed E-state index contributed by atoms with van der Waals surface area (Å²) in [7, 11) is 0. The molecule has 0 fully saturated rings. The maximum absolute atomic E-state index is 4.01. The molecule has 0 saturated carbocycles. The van der Waals surface area contributed by atoms with Gasteiger partial charge in [0.05, 0.1) is 5.69 Å². The van der Waals surface area contributed by atoms with Gasteiger partial charge in [-0.25, -0.2) is 4.98 Å². The fourth-order valence-corrected chi connectivity index (χ4v) is 0.725. The Hall–Kier alpha value is -1.51. The van der Waals surface area contributed by atoms with Gasteiger partial charge in [-0.3, -0.25) is 0 Å². The highest BCUT2D eigenvalue weighted by Gasteiger charge is 1.95. The zero-order valence-electron chi connectivity index (χ0n) is 6.36. The fraction of sp³-hybridized carbons (Fsp3) is 0.125. The van der Waals surface area contributed by atoms with Crippen molar-refractivity contribution in [2.75, 3.05) is 0 Å². The zero-order chi connectivity index (χ0) is 8.10. The molecule has 0 bridgehead atoms. The highest BCUT2D eigenvalue weighted by Crippen LogP contribution is 2.02. The molecular formula is C8H9N3. The molecule has 1 aromatic heterocycles. The monoisotopic (exact) mass is 147 g/mol. The van der Waals surface area contributed by atoms with Crippen molar-refractivity contribution in [3.8, 4) is 0 Å². The second-order valence-corrected chi connectivity index (χ2v) is 1.93. The van der Waals surface area contributed by atoms with Gasteiger partial charge in [0.2, 0.25) is 0 Å². The lowest BCUT2D eigenvalue weighted by atomic mass is 10.3. The van der Waals surface area contributed by atoms with Crippen LogP contribution >= 0.6 is 0 Å². The van der Waals surface area contributed by atoms with Crippen molar-refractivity contribution in [3.05, 3.63) is 30.4 Å². The lowest BCUT2D eigenvalue weighted by Crippen LogP contribution is -1.92. The van der Waals surface area contributed by atoms with E-state index in [4.69, 9.17) is 0 Å². The van der Waals surface area contributed by atoms with E-state index in [0.717, 1.165) is 5.69 Å². The molecule has 0 radical (unpaired) electrons. The van der Waals surface area contributed by atoms with Gasteiger partial charge in [0.15, 0.2) is 0 Å². The van der Waals surface area contributed by atoms with Gasteiger partial charge in [-0.1, -0.05) is 12.7 Å². The van der Waals surface area contributed by atoms with E-state index < -0.39 is 0 Å². The minimum absolute atomic E-state index is 0.714. The van der Waals surface area contributed by atoms with Crippen LogP contribution in [0.15, 0.2) is 19.0 Å². The molecule has 0 spiro atoms. The van der Waals surface area contributed by atoms with E-state index in [0.29, 0.717) is 5.69 Å². The van der Waals surface area contributed by atoms with Crippen LogP contribution in [0.2, 0.25) is 0 Å². The van der Waals surface area contributed by atoms with Crippen molar-refractivity contribution in [2.45, 2.75) is 6.92 Å². The number of allylic oxidation sites excluding steroid dienone is 1. The first-order valence-corrected chi connectivity index (χ1v) is 3.31. The Labute approximate surface area is 65.5 Å². The number of hydrogen-bond donors (Lipinski definition) is 0. The third-order valence-electron chi connectivity index (χ3n) is 1.19. The number of rotatable bonds is 2. The third kappa shape index (κ3) is 1.70. The number of hydrogen-bond acceptors (Lipinski definition) is 3. The molecule has 0 aliphatic heterocycles. The van der Waals surface area contributed by atoms with Crippen molar-refractivity contribution < 1.29 is 0 Å². The Morgan fingerprint density at radius 3 is 2.91 bits per heavy atom. The molecule has 3 heteroatoms. The lowest BCUT2D eigenvalue weighted by Gasteiger charge is -1.93. The first-order chi connectivity index (χ1) is 5.38. The van der Waals surface area contributed by atoms with Crippen LogP contribution in [-0.2, 0) is 0 Å². The molecular weight excluding hydrogens is 138 g/mol. The van der Waals surface area contributed by atoms with Crippen LogP contribution < -0.4 is 0 Å². The average molecular weight is 147 g/mol. The van der Waals surface area contributed by atoms with E-state index in [-0.39, 0.29) is 0 Å². The van der Waals surface area contributed by atoms with Gasteiger partial charge in [-0.15, -0.1) is 10.2 Å². The molecule has 0 amide bonds. The van der Waals surface area contributed by atoms with Crippen molar-refractivity contribution >= 4 is 12.2 Å². The van der Waals surface area contributed by atoms with Crippen molar-refractivity contribution in [2.24, 2.45) is 0 Å². The maximum Gasteiger partial charge on any atom is 0.138 e. The smallest absolute Gasteiger partial charge is 0.138 e. The van der Waals surface area contributed by atoms with E-state index in [1.165, 1.54) is 6.33 Å². The normalized spacial score (nSPS) is 10.3. The highest BCUT2D eigenvalue weighted by atomic mass is 15.1. The molecule has 3 nitrogen and oxygen atoms in total. The first-order valence-electron chi connectivity index (χ1n) is 3.31. The summed E-state index contributed by atoms with van der Waals surface area (Å²) in [6, 6.07) is 0.